The standard InChI is InChI=1S/C12H12FNO3S/c1-7(15)18-9-5-12(17)14(6-9)11-3-2-8(16)4-10(11)13/h2-4,9,16H,5-6H2,1H3. The Morgan fingerprint density at radius 3 is 2.89 bits per heavy atom. The van der Waals surface area contributed by atoms with Crippen molar-refractivity contribution in [3.05, 3.63) is 24.0 Å². The van der Waals surface area contributed by atoms with Crippen molar-refractivity contribution in [3.63, 3.8) is 0 Å². The molecule has 6 heteroatoms. The summed E-state index contributed by atoms with van der Waals surface area (Å²) in [5.41, 5.74) is 0.143. The minimum atomic E-state index is -0.642. The second-order valence-electron chi connectivity index (χ2n) is 4.08. The third-order valence-corrected chi connectivity index (χ3v) is 3.63. The second kappa shape index (κ2) is 4.97. The van der Waals surface area contributed by atoms with Gasteiger partial charge in [-0.3, -0.25) is 9.59 Å². The molecule has 1 heterocycles. The van der Waals surface area contributed by atoms with Gasteiger partial charge in [0.1, 0.15) is 5.75 Å². The summed E-state index contributed by atoms with van der Waals surface area (Å²) in [5.74, 6) is -1.03. The molecule has 96 valence electrons. The van der Waals surface area contributed by atoms with Gasteiger partial charge in [-0.05, 0) is 12.1 Å². The molecule has 1 unspecified atom stereocenters. The van der Waals surface area contributed by atoms with Crippen LogP contribution in [-0.4, -0.2) is 27.9 Å². The van der Waals surface area contributed by atoms with Crippen LogP contribution in [0.15, 0.2) is 18.2 Å². The van der Waals surface area contributed by atoms with Crippen molar-refractivity contribution in [1.29, 1.82) is 0 Å². The summed E-state index contributed by atoms with van der Waals surface area (Å²) in [4.78, 5) is 24.1. The number of rotatable bonds is 2. The van der Waals surface area contributed by atoms with Crippen LogP contribution >= 0.6 is 11.8 Å². The normalized spacial score (nSPS) is 19.3. The van der Waals surface area contributed by atoms with Gasteiger partial charge in [0.05, 0.1) is 5.69 Å². The molecule has 1 aliphatic heterocycles. The number of carbonyl (C=O) groups excluding carboxylic acids is 2. The molecule has 4 nitrogen and oxygen atoms in total. The van der Waals surface area contributed by atoms with Crippen LogP contribution in [0.3, 0.4) is 0 Å². The lowest BCUT2D eigenvalue weighted by molar-refractivity contribution is -0.117. The molecule has 0 aliphatic carbocycles. The number of phenols is 1. The number of thioether (sulfide) groups is 1. The summed E-state index contributed by atoms with van der Waals surface area (Å²) in [6.07, 6.45) is 0.227. The first-order valence-electron chi connectivity index (χ1n) is 5.43. The second-order valence-corrected chi connectivity index (χ2v) is 5.55. The van der Waals surface area contributed by atoms with E-state index in [4.69, 9.17) is 5.11 Å². The van der Waals surface area contributed by atoms with E-state index in [-0.39, 0.29) is 34.1 Å². The monoisotopic (exact) mass is 269 g/mol. The predicted octanol–water partition coefficient (Wildman–Crippen LogP) is 1.92. The summed E-state index contributed by atoms with van der Waals surface area (Å²) in [6.45, 7) is 1.75. The molecule has 2 rings (SSSR count). The van der Waals surface area contributed by atoms with E-state index in [1.807, 2.05) is 0 Å². The maximum atomic E-state index is 13.6. The molecule has 18 heavy (non-hydrogen) atoms. The van der Waals surface area contributed by atoms with Crippen LogP contribution in [0.1, 0.15) is 13.3 Å². The van der Waals surface area contributed by atoms with E-state index < -0.39 is 5.82 Å². The summed E-state index contributed by atoms with van der Waals surface area (Å²) >= 11 is 1.10. The van der Waals surface area contributed by atoms with Crippen molar-refractivity contribution in [2.24, 2.45) is 0 Å². The van der Waals surface area contributed by atoms with Crippen LogP contribution < -0.4 is 4.90 Å². The highest BCUT2D eigenvalue weighted by Gasteiger charge is 2.33. The van der Waals surface area contributed by atoms with Gasteiger partial charge in [0.2, 0.25) is 5.91 Å². The Bertz CT molecular complexity index is 506. The third-order valence-electron chi connectivity index (χ3n) is 2.64. The summed E-state index contributed by atoms with van der Waals surface area (Å²) < 4.78 is 13.6. The largest absolute Gasteiger partial charge is 0.508 e. The Hall–Kier alpha value is -1.56. The summed E-state index contributed by atoms with van der Waals surface area (Å²) in [7, 11) is 0. The van der Waals surface area contributed by atoms with Gasteiger partial charge in [0.15, 0.2) is 10.9 Å². The van der Waals surface area contributed by atoms with E-state index in [9.17, 15) is 14.0 Å². The molecule has 0 spiro atoms. The Kier molecular flexibility index (Phi) is 3.56. The molecule has 1 fully saturated rings. The van der Waals surface area contributed by atoms with Gasteiger partial charge >= 0.3 is 0 Å². The number of phenolic OH excluding ortho intramolecular Hbond substituents is 1. The minimum absolute atomic E-state index is 0.0548. The van der Waals surface area contributed by atoms with Gasteiger partial charge in [0.25, 0.3) is 0 Å². The topological polar surface area (TPSA) is 57.6 Å². The van der Waals surface area contributed by atoms with Gasteiger partial charge in [-0.1, -0.05) is 11.8 Å². The lowest BCUT2D eigenvalue weighted by Crippen LogP contribution is -2.25. The molecule has 0 saturated carbocycles. The van der Waals surface area contributed by atoms with Gasteiger partial charge < -0.3 is 10.0 Å². The highest BCUT2D eigenvalue weighted by Crippen LogP contribution is 2.31. The maximum Gasteiger partial charge on any atom is 0.228 e. The quantitative estimate of drug-likeness (QED) is 0.891. The molecule has 1 amide bonds. The number of anilines is 1. The van der Waals surface area contributed by atoms with Crippen molar-refractivity contribution < 1.29 is 19.1 Å². The average Bonchev–Trinajstić information content (AvgIpc) is 2.58. The van der Waals surface area contributed by atoms with Crippen LogP contribution in [-0.2, 0) is 9.59 Å². The average molecular weight is 269 g/mol. The van der Waals surface area contributed by atoms with Crippen LogP contribution in [0.4, 0.5) is 10.1 Å². The molecule has 0 aromatic heterocycles. The Morgan fingerprint density at radius 2 is 2.28 bits per heavy atom. The number of halogens is 1. The van der Waals surface area contributed by atoms with E-state index in [1.54, 1.807) is 0 Å². The molecular formula is C12H12FNO3S. The zero-order valence-corrected chi connectivity index (χ0v) is 10.5. The maximum absolute atomic E-state index is 13.6. The summed E-state index contributed by atoms with van der Waals surface area (Å²) in [5, 5.41) is 8.93. The van der Waals surface area contributed by atoms with E-state index >= 15 is 0 Å². The van der Waals surface area contributed by atoms with Gasteiger partial charge in [-0.25, -0.2) is 4.39 Å². The first-order valence-corrected chi connectivity index (χ1v) is 6.31. The molecule has 1 aliphatic rings. The van der Waals surface area contributed by atoms with Gasteiger partial charge in [-0.2, -0.15) is 0 Å². The molecule has 0 bridgehead atoms. The third kappa shape index (κ3) is 2.64. The fraction of sp³-hybridized carbons (Fsp3) is 0.333. The van der Waals surface area contributed by atoms with E-state index in [2.05, 4.69) is 0 Å². The van der Waals surface area contributed by atoms with E-state index in [1.165, 1.54) is 24.0 Å². The lowest BCUT2D eigenvalue weighted by Gasteiger charge is -2.17. The molecule has 1 saturated heterocycles. The molecule has 0 radical (unpaired) electrons. The number of aromatic hydroxyl groups is 1. The number of nitrogens with zero attached hydrogens (tertiary/aromatic N) is 1. The number of carbonyl (C=O) groups is 2. The van der Waals surface area contributed by atoms with Crippen LogP contribution in [0, 0.1) is 5.82 Å². The smallest absolute Gasteiger partial charge is 0.228 e. The van der Waals surface area contributed by atoms with Crippen LogP contribution in [0.5, 0.6) is 5.75 Å². The van der Waals surface area contributed by atoms with Crippen molar-refractivity contribution >= 4 is 28.5 Å². The Morgan fingerprint density at radius 1 is 1.56 bits per heavy atom. The van der Waals surface area contributed by atoms with Gasteiger partial charge in [-0.15, -0.1) is 0 Å². The SMILES string of the molecule is CC(=O)SC1CC(=O)N(c2ccc(O)cc2F)C1. The highest BCUT2D eigenvalue weighted by molar-refractivity contribution is 8.14. The van der Waals surface area contributed by atoms with Crippen molar-refractivity contribution in [2.45, 2.75) is 18.6 Å². The van der Waals surface area contributed by atoms with Gasteiger partial charge in [0, 0.05) is 31.2 Å². The van der Waals surface area contributed by atoms with Crippen molar-refractivity contribution in [3.8, 4) is 5.75 Å². The van der Waals surface area contributed by atoms with Crippen molar-refractivity contribution in [1.82, 2.24) is 0 Å². The van der Waals surface area contributed by atoms with E-state index in [0.29, 0.717) is 6.54 Å². The Balaban J connectivity index is 2.19. The molecule has 1 aromatic rings. The van der Waals surface area contributed by atoms with Crippen LogP contribution in [0.25, 0.3) is 0 Å². The van der Waals surface area contributed by atoms with Crippen LogP contribution in [0.2, 0.25) is 0 Å². The number of hydrogen-bond donors (Lipinski definition) is 1. The number of hydrogen-bond acceptors (Lipinski definition) is 4. The fourth-order valence-electron chi connectivity index (χ4n) is 1.94. The first-order chi connectivity index (χ1) is 8.47. The molecule has 1 aromatic carbocycles. The fourth-order valence-corrected chi connectivity index (χ4v) is 2.85. The minimum Gasteiger partial charge on any atom is -0.508 e. The zero-order chi connectivity index (χ0) is 13.3. The predicted molar refractivity (Wildman–Crippen MR) is 67.1 cm³/mol. The molecule has 1 N–H and O–H groups in total. The van der Waals surface area contributed by atoms with Crippen molar-refractivity contribution in [2.75, 3.05) is 11.4 Å². The Labute approximate surface area is 108 Å². The molecule has 1 atom stereocenters. The summed E-state index contributed by atoms with van der Waals surface area (Å²) in [6, 6.07) is 3.66. The number of amides is 1. The number of benzene rings is 1. The van der Waals surface area contributed by atoms with E-state index in [0.717, 1.165) is 17.8 Å². The first kappa shape index (κ1) is 12.9. The highest BCUT2D eigenvalue weighted by atomic mass is 32.2. The zero-order valence-electron chi connectivity index (χ0n) is 9.72. The molecular weight excluding hydrogens is 257 g/mol. The lowest BCUT2D eigenvalue weighted by atomic mass is 10.2.